The van der Waals surface area contributed by atoms with Crippen LogP contribution in [0.5, 0.6) is 5.88 Å². The van der Waals surface area contributed by atoms with E-state index in [9.17, 15) is 31.1 Å². The molecule has 1 aromatic heterocycles. The van der Waals surface area contributed by atoms with Crippen LogP contribution in [0.2, 0.25) is 0 Å². The van der Waals surface area contributed by atoms with Gasteiger partial charge in [-0.1, -0.05) is 43.3 Å². The number of alkyl halides is 6. The van der Waals surface area contributed by atoms with Crippen molar-refractivity contribution in [3.63, 3.8) is 0 Å². The smallest absolute Gasteiger partial charge is 0.429 e. The molecule has 0 radical (unpaired) electrons. The maximum atomic E-state index is 13.9. The van der Waals surface area contributed by atoms with Crippen molar-refractivity contribution < 1.29 is 41.0 Å². The predicted octanol–water partition coefficient (Wildman–Crippen LogP) is 5.14. The van der Waals surface area contributed by atoms with E-state index in [1.807, 2.05) is 0 Å². The van der Waals surface area contributed by atoms with Gasteiger partial charge in [-0.05, 0) is 17.9 Å². The van der Waals surface area contributed by atoms with Gasteiger partial charge in [-0.3, -0.25) is 5.41 Å². The summed E-state index contributed by atoms with van der Waals surface area (Å²) in [7, 11) is 0. The number of aromatic nitrogens is 2. The first-order chi connectivity index (χ1) is 16.6. The van der Waals surface area contributed by atoms with Gasteiger partial charge in [-0.15, -0.1) is 0 Å². The third-order valence-electron chi connectivity index (χ3n) is 5.25. The van der Waals surface area contributed by atoms with E-state index in [2.05, 4.69) is 9.97 Å². The van der Waals surface area contributed by atoms with Gasteiger partial charge in [0.25, 0.3) is 0 Å². The lowest BCUT2D eigenvalue weighted by Crippen LogP contribution is -2.39. The molecule has 0 amide bonds. The number of hydrogen-bond acceptors (Lipinski definition) is 6. The second-order valence-corrected chi connectivity index (χ2v) is 8.12. The number of carboxylic acid groups (broad SMARTS) is 1. The lowest BCUT2D eigenvalue weighted by atomic mass is 9.87. The van der Waals surface area contributed by atoms with Crippen LogP contribution in [0.4, 0.5) is 32.3 Å². The van der Waals surface area contributed by atoms with Crippen LogP contribution in [-0.2, 0) is 11.2 Å². The van der Waals surface area contributed by atoms with E-state index >= 15 is 0 Å². The van der Waals surface area contributed by atoms with Crippen molar-refractivity contribution in [2.45, 2.75) is 38.2 Å². The summed E-state index contributed by atoms with van der Waals surface area (Å²) in [6, 6.07) is 6.91. The number of nitrogen functional groups attached to an aromatic ring is 1. The van der Waals surface area contributed by atoms with Gasteiger partial charge in [-0.25, -0.2) is 9.78 Å². The SMILES string of the molecule is CC1C=CC(C(Oc2cc(-c3ccc(CC(=N)C(=O)O)cc3)nc(N)n2)C(F)(F)F)=C(C(F)(F)F)C1. The van der Waals surface area contributed by atoms with Crippen molar-refractivity contribution in [2.24, 2.45) is 5.92 Å². The Hall–Kier alpha value is -3.90. The molecule has 2 unspecified atom stereocenters. The Morgan fingerprint density at radius 2 is 1.83 bits per heavy atom. The van der Waals surface area contributed by atoms with Crippen LogP contribution in [0.1, 0.15) is 18.9 Å². The minimum Gasteiger partial charge on any atom is -0.477 e. The van der Waals surface area contributed by atoms with E-state index < -0.39 is 65.5 Å². The summed E-state index contributed by atoms with van der Waals surface area (Å²) in [6.07, 6.45) is -11.9. The fourth-order valence-corrected chi connectivity index (χ4v) is 3.55. The third kappa shape index (κ3) is 6.40. The number of rotatable bonds is 7. The molecule has 2 aromatic rings. The van der Waals surface area contributed by atoms with Crippen LogP contribution in [0.3, 0.4) is 0 Å². The molecule has 2 atom stereocenters. The van der Waals surface area contributed by atoms with Crippen molar-refractivity contribution in [3.8, 4) is 17.1 Å². The largest absolute Gasteiger partial charge is 0.477 e. The number of halogens is 6. The Balaban J connectivity index is 1.96. The molecule has 7 nitrogen and oxygen atoms in total. The molecule has 0 saturated heterocycles. The van der Waals surface area contributed by atoms with E-state index in [0.29, 0.717) is 11.1 Å². The van der Waals surface area contributed by atoms with E-state index in [4.69, 9.17) is 21.0 Å². The number of nitrogens with zero attached hydrogens (tertiary/aromatic N) is 2. The first-order valence-electron chi connectivity index (χ1n) is 10.4. The summed E-state index contributed by atoms with van der Waals surface area (Å²) in [5.74, 6) is -3.15. The lowest BCUT2D eigenvalue weighted by molar-refractivity contribution is -0.184. The Morgan fingerprint density at radius 1 is 1.19 bits per heavy atom. The molecule has 4 N–H and O–H groups in total. The molecule has 0 fully saturated rings. The fraction of sp³-hybridized carbons (Fsp3) is 0.304. The summed E-state index contributed by atoms with van der Waals surface area (Å²) < 4.78 is 87.3. The molecule has 1 aliphatic rings. The highest BCUT2D eigenvalue weighted by atomic mass is 19.4. The summed E-state index contributed by atoms with van der Waals surface area (Å²) in [4.78, 5) is 18.4. The summed E-state index contributed by atoms with van der Waals surface area (Å²) in [5.41, 5.74) is 3.53. The highest BCUT2D eigenvalue weighted by molar-refractivity contribution is 6.34. The van der Waals surface area contributed by atoms with Crippen molar-refractivity contribution in [1.82, 2.24) is 9.97 Å². The number of allylic oxidation sites excluding steroid dienone is 2. The number of nitrogens with two attached hydrogens (primary N) is 1. The molecule has 0 saturated carbocycles. The number of hydrogen-bond donors (Lipinski definition) is 3. The predicted molar refractivity (Wildman–Crippen MR) is 117 cm³/mol. The van der Waals surface area contributed by atoms with Crippen molar-refractivity contribution in [2.75, 3.05) is 5.73 Å². The maximum absolute atomic E-state index is 13.9. The van der Waals surface area contributed by atoms with Gasteiger partial charge in [0, 0.05) is 29.2 Å². The van der Waals surface area contributed by atoms with Gasteiger partial charge in [0.2, 0.25) is 17.9 Å². The van der Waals surface area contributed by atoms with Crippen molar-refractivity contribution in [3.05, 3.63) is 59.2 Å². The number of nitrogens with one attached hydrogen (secondary N) is 1. The first kappa shape index (κ1) is 26.7. The Bertz CT molecular complexity index is 1220. The second-order valence-electron chi connectivity index (χ2n) is 8.12. The molecule has 0 bridgehead atoms. The van der Waals surface area contributed by atoms with Crippen LogP contribution in [-0.4, -0.2) is 45.2 Å². The Labute approximate surface area is 200 Å². The van der Waals surface area contributed by atoms with E-state index in [0.717, 1.165) is 12.1 Å². The van der Waals surface area contributed by atoms with Gasteiger partial charge in [0.05, 0.1) is 5.69 Å². The van der Waals surface area contributed by atoms with Crippen LogP contribution < -0.4 is 10.5 Å². The fourth-order valence-electron chi connectivity index (χ4n) is 3.55. The quantitative estimate of drug-likeness (QED) is 0.348. The number of aliphatic carboxylic acids is 1. The normalized spacial score (nSPS) is 17.1. The highest BCUT2D eigenvalue weighted by Gasteiger charge is 2.49. The average molecular weight is 514 g/mol. The Kier molecular flexibility index (Phi) is 7.41. The zero-order valence-electron chi connectivity index (χ0n) is 18.6. The monoisotopic (exact) mass is 514 g/mol. The maximum Gasteiger partial charge on any atom is 0.429 e. The van der Waals surface area contributed by atoms with Crippen LogP contribution in [0, 0.1) is 11.3 Å². The molecular weight excluding hydrogens is 494 g/mol. The number of benzene rings is 1. The Morgan fingerprint density at radius 3 is 2.39 bits per heavy atom. The van der Waals surface area contributed by atoms with Crippen LogP contribution >= 0.6 is 0 Å². The van der Waals surface area contributed by atoms with Crippen molar-refractivity contribution >= 4 is 17.6 Å². The zero-order valence-corrected chi connectivity index (χ0v) is 18.6. The molecule has 192 valence electrons. The average Bonchev–Trinajstić information content (AvgIpc) is 2.76. The molecule has 1 aliphatic carbocycles. The lowest BCUT2D eigenvalue weighted by Gasteiger charge is -2.29. The van der Waals surface area contributed by atoms with Crippen LogP contribution in [0.15, 0.2) is 53.6 Å². The summed E-state index contributed by atoms with van der Waals surface area (Å²) in [5, 5.41) is 16.2. The summed E-state index contributed by atoms with van der Waals surface area (Å²) >= 11 is 0. The standard InChI is InChI=1S/C23H20F6N4O3/c1-11-2-7-14(15(8-11)22(24,25)26)19(23(27,28)29)36-18-10-17(32-21(31)33-18)13-5-3-12(4-6-13)9-16(30)20(34)35/h2-7,10-11,19,30H,8-9H2,1H3,(H,34,35)(H2,31,32,33). The van der Waals surface area contributed by atoms with E-state index in [1.54, 1.807) is 0 Å². The molecule has 3 rings (SSSR count). The first-order valence-corrected chi connectivity index (χ1v) is 10.4. The summed E-state index contributed by atoms with van der Waals surface area (Å²) in [6.45, 7) is 1.45. The van der Waals surface area contributed by atoms with Gasteiger partial charge < -0.3 is 15.6 Å². The second kappa shape index (κ2) is 9.99. The van der Waals surface area contributed by atoms with Gasteiger partial charge in [-0.2, -0.15) is 31.3 Å². The van der Waals surface area contributed by atoms with E-state index in [-0.39, 0.29) is 12.1 Å². The van der Waals surface area contributed by atoms with E-state index in [1.165, 1.54) is 37.3 Å². The van der Waals surface area contributed by atoms with Crippen molar-refractivity contribution in [1.29, 1.82) is 5.41 Å². The number of ether oxygens (including phenoxy) is 1. The van der Waals surface area contributed by atoms with Gasteiger partial charge in [0.15, 0.2) is 0 Å². The number of carboxylic acids is 1. The number of carbonyl (C=O) groups is 1. The molecule has 36 heavy (non-hydrogen) atoms. The van der Waals surface area contributed by atoms with Gasteiger partial charge in [0.1, 0.15) is 5.71 Å². The van der Waals surface area contributed by atoms with Crippen LogP contribution in [0.25, 0.3) is 11.3 Å². The minimum absolute atomic E-state index is 0.0242. The zero-order chi connectivity index (χ0) is 26.8. The highest BCUT2D eigenvalue weighted by Crippen LogP contribution is 2.42. The van der Waals surface area contributed by atoms with Gasteiger partial charge >= 0.3 is 18.3 Å². The molecule has 13 heteroatoms. The third-order valence-corrected chi connectivity index (χ3v) is 5.25. The topological polar surface area (TPSA) is 122 Å². The molecule has 1 aromatic carbocycles. The minimum atomic E-state index is -5.20. The molecular formula is C23H20F6N4O3. The molecule has 1 heterocycles. The number of anilines is 1. The molecule has 0 aliphatic heterocycles. The molecule has 0 spiro atoms.